The molecular weight excluding hydrogens is 250 g/mol. The van der Waals surface area contributed by atoms with Crippen molar-refractivity contribution in [3.05, 3.63) is 17.7 Å². The minimum Gasteiger partial charge on any atom is -0.380 e. The predicted octanol–water partition coefficient (Wildman–Crippen LogP) is 3.14. The Hall–Kier alpha value is -0.870. The van der Waals surface area contributed by atoms with Crippen LogP contribution in [0.2, 0.25) is 0 Å². The quantitative estimate of drug-likeness (QED) is 0.744. The zero-order valence-electron chi connectivity index (χ0n) is 14.0. The third-order valence-electron chi connectivity index (χ3n) is 3.24. The van der Waals surface area contributed by atoms with Gasteiger partial charge in [0.25, 0.3) is 0 Å². The highest BCUT2D eigenvalue weighted by atomic mass is 16.5. The molecule has 1 aromatic rings. The lowest BCUT2D eigenvalue weighted by atomic mass is 10.1. The largest absolute Gasteiger partial charge is 0.380 e. The van der Waals surface area contributed by atoms with E-state index >= 15 is 0 Å². The van der Waals surface area contributed by atoms with Gasteiger partial charge in [0.2, 0.25) is 0 Å². The lowest BCUT2D eigenvalue weighted by Crippen LogP contribution is -2.35. The van der Waals surface area contributed by atoms with Crippen LogP contribution in [0.1, 0.15) is 52.6 Å². The number of aromatic nitrogens is 2. The maximum Gasteiger partial charge on any atom is 0.105 e. The molecule has 116 valence electrons. The maximum absolute atomic E-state index is 5.70. The van der Waals surface area contributed by atoms with Gasteiger partial charge in [-0.15, -0.1) is 0 Å². The lowest BCUT2D eigenvalue weighted by molar-refractivity contribution is 0.115. The van der Waals surface area contributed by atoms with Gasteiger partial charge in [-0.25, -0.2) is 4.98 Å². The van der Waals surface area contributed by atoms with Gasteiger partial charge in [-0.05, 0) is 40.0 Å². The van der Waals surface area contributed by atoms with Crippen LogP contribution in [0.15, 0.2) is 6.20 Å². The molecule has 0 aliphatic carbocycles. The van der Waals surface area contributed by atoms with Crippen molar-refractivity contribution in [3.8, 4) is 0 Å². The van der Waals surface area contributed by atoms with Crippen LogP contribution in [-0.2, 0) is 17.8 Å². The fourth-order valence-electron chi connectivity index (χ4n) is 1.89. The van der Waals surface area contributed by atoms with Crippen LogP contribution < -0.4 is 5.32 Å². The Balaban J connectivity index is 2.42. The number of aryl methyl sites for hydroxylation is 1. The number of rotatable bonds is 8. The van der Waals surface area contributed by atoms with Gasteiger partial charge in [-0.2, -0.15) is 0 Å². The van der Waals surface area contributed by atoms with E-state index in [2.05, 4.69) is 56.4 Å². The molecule has 0 radical (unpaired) electrons. The van der Waals surface area contributed by atoms with Gasteiger partial charge in [-0.3, -0.25) is 0 Å². The number of imidazole rings is 1. The van der Waals surface area contributed by atoms with Gasteiger partial charge >= 0.3 is 0 Å². The number of hydrogen-bond acceptors (Lipinski definition) is 3. The monoisotopic (exact) mass is 281 g/mol. The summed E-state index contributed by atoms with van der Waals surface area (Å²) in [5.41, 5.74) is 1.35. The van der Waals surface area contributed by atoms with Gasteiger partial charge < -0.3 is 14.6 Å². The second-order valence-electron chi connectivity index (χ2n) is 6.85. The maximum atomic E-state index is 5.70. The van der Waals surface area contributed by atoms with Crippen LogP contribution >= 0.6 is 0 Å². The molecule has 1 rings (SSSR count). The first-order valence-electron chi connectivity index (χ1n) is 7.63. The van der Waals surface area contributed by atoms with Gasteiger partial charge in [0.15, 0.2) is 0 Å². The van der Waals surface area contributed by atoms with Crippen LogP contribution in [-0.4, -0.2) is 28.3 Å². The molecule has 0 aliphatic heterocycles. The molecule has 0 fully saturated rings. The van der Waals surface area contributed by atoms with Crippen LogP contribution in [0.4, 0.5) is 0 Å². The zero-order chi connectivity index (χ0) is 15.2. The molecule has 20 heavy (non-hydrogen) atoms. The second-order valence-corrected chi connectivity index (χ2v) is 6.85. The average Bonchev–Trinajstić information content (AvgIpc) is 2.66. The summed E-state index contributed by atoms with van der Waals surface area (Å²) in [5, 5.41) is 3.51. The van der Waals surface area contributed by atoms with Crippen molar-refractivity contribution in [1.29, 1.82) is 0 Å². The SMILES string of the molecule is Cc1ncc(CNC(C)(C)C)n1CCOCCC(C)C. The number of nitrogens with zero attached hydrogens (tertiary/aromatic N) is 2. The van der Waals surface area contributed by atoms with Crippen molar-refractivity contribution in [3.63, 3.8) is 0 Å². The summed E-state index contributed by atoms with van der Waals surface area (Å²) in [7, 11) is 0. The highest BCUT2D eigenvalue weighted by Crippen LogP contribution is 2.08. The molecule has 0 atom stereocenters. The second kappa shape index (κ2) is 7.79. The molecule has 0 aliphatic rings. The van der Waals surface area contributed by atoms with Crippen molar-refractivity contribution in [1.82, 2.24) is 14.9 Å². The van der Waals surface area contributed by atoms with Crippen molar-refractivity contribution in [2.24, 2.45) is 5.92 Å². The van der Waals surface area contributed by atoms with E-state index in [9.17, 15) is 0 Å². The fourth-order valence-corrected chi connectivity index (χ4v) is 1.89. The zero-order valence-corrected chi connectivity index (χ0v) is 14.0. The number of hydrogen-bond donors (Lipinski definition) is 1. The summed E-state index contributed by atoms with van der Waals surface area (Å²) in [4.78, 5) is 4.41. The number of nitrogens with one attached hydrogen (secondary N) is 1. The highest BCUT2D eigenvalue weighted by molar-refractivity contribution is 5.04. The molecule has 0 saturated heterocycles. The molecule has 0 bridgehead atoms. The first-order valence-corrected chi connectivity index (χ1v) is 7.63. The van der Waals surface area contributed by atoms with E-state index in [1.807, 2.05) is 6.20 Å². The Morgan fingerprint density at radius 1 is 1.30 bits per heavy atom. The van der Waals surface area contributed by atoms with E-state index in [4.69, 9.17) is 4.74 Å². The smallest absolute Gasteiger partial charge is 0.105 e. The highest BCUT2D eigenvalue weighted by Gasteiger charge is 2.12. The topological polar surface area (TPSA) is 39.1 Å². The molecule has 0 spiro atoms. The van der Waals surface area contributed by atoms with E-state index in [0.717, 1.165) is 38.5 Å². The Bertz CT molecular complexity index is 391. The van der Waals surface area contributed by atoms with Crippen molar-refractivity contribution in [2.45, 2.75) is 66.6 Å². The first-order chi connectivity index (χ1) is 9.29. The van der Waals surface area contributed by atoms with Crippen LogP contribution in [0.25, 0.3) is 0 Å². The molecule has 0 unspecified atom stereocenters. The van der Waals surface area contributed by atoms with Crippen molar-refractivity contribution >= 4 is 0 Å². The van der Waals surface area contributed by atoms with Crippen molar-refractivity contribution in [2.75, 3.05) is 13.2 Å². The van der Waals surface area contributed by atoms with Crippen LogP contribution in [0, 0.1) is 12.8 Å². The summed E-state index contributed by atoms with van der Waals surface area (Å²) >= 11 is 0. The summed E-state index contributed by atoms with van der Waals surface area (Å²) in [6, 6.07) is 0. The Kier molecular flexibility index (Phi) is 6.69. The minimum absolute atomic E-state index is 0.122. The molecule has 4 nitrogen and oxygen atoms in total. The predicted molar refractivity (Wildman–Crippen MR) is 83.8 cm³/mol. The molecule has 0 saturated carbocycles. The van der Waals surface area contributed by atoms with E-state index in [-0.39, 0.29) is 5.54 Å². The lowest BCUT2D eigenvalue weighted by Gasteiger charge is -2.21. The Morgan fingerprint density at radius 3 is 2.60 bits per heavy atom. The third kappa shape index (κ3) is 6.53. The van der Waals surface area contributed by atoms with E-state index in [0.29, 0.717) is 5.92 Å². The van der Waals surface area contributed by atoms with Gasteiger partial charge in [0.05, 0.1) is 12.3 Å². The Morgan fingerprint density at radius 2 is 2.00 bits per heavy atom. The third-order valence-corrected chi connectivity index (χ3v) is 3.24. The molecule has 1 aromatic heterocycles. The van der Waals surface area contributed by atoms with Gasteiger partial charge in [0.1, 0.15) is 5.82 Å². The van der Waals surface area contributed by atoms with E-state index in [1.54, 1.807) is 0 Å². The van der Waals surface area contributed by atoms with Crippen LogP contribution in [0.5, 0.6) is 0 Å². The molecule has 1 heterocycles. The summed E-state index contributed by atoms with van der Waals surface area (Å²) in [6.45, 7) is 16.4. The molecule has 4 heteroatoms. The van der Waals surface area contributed by atoms with E-state index in [1.165, 1.54) is 5.69 Å². The van der Waals surface area contributed by atoms with Crippen molar-refractivity contribution < 1.29 is 4.74 Å². The molecular formula is C16H31N3O. The van der Waals surface area contributed by atoms with Gasteiger partial charge in [0, 0.05) is 31.4 Å². The summed E-state index contributed by atoms with van der Waals surface area (Å²) < 4.78 is 7.95. The van der Waals surface area contributed by atoms with Crippen LogP contribution in [0.3, 0.4) is 0 Å². The minimum atomic E-state index is 0.122. The van der Waals surface area contributed by atoms with E-state index < -0.39 is 0 Å². The fraction of sp³-hybridized carbons (Fsp3) is 0.812. The molecule has 0 amide bonds. The molecule has 0 aromatic carbocycles. The Labute approximate surface area is 123 Å². The number of ether oxygens (including phenoxy) is 1. The summed E-state index contributed by atoms with van der Waals surface area (Å²) in [6.07, 6.45) is 3.09. The summed E-state index contributed by atoms with van der Waals surface area (Å²) in [5.74, 6) is 1.76. The average molecular weight is 281 g/mol. The van der Waals surface area contributed by atoms with Gasteiger partial charge in [-0.1, -0.05) is 13.8 Å². The normalized spacial score (nSPS) is 12.3. The standard InChI is InChI=1S/C16H31N3O/c1-13(2)7-9-20-10-8-19-14(3)17-11-15(19)12-18-16(4,5)6/h11,13,18H,7-10,12H2,1-6H3. The molecule has 1 N–H and O–H groups in total. The first kappa shape index (κ1) is 17.2.